The fourth-order valence-electron chi connectivity index (χ4n) is 1.53. The van der Waals surface area contributed by atoms with Gasteiger partial charge in [-0.05, 0) is 19.1 Å². The number of rotatable bonds is 3. The van der Waals surface area contributed by atoms with Gasteiger partial charge in [-0.2, -0.15) is 0 Å². The summed E-state index contributed by atoms with van der Waals surface area (Å²) in [6, 6.07) is 4.95. The molecule has 88 valence electrons. The number of imidazole rings is 1. The molecule has 0 N–H and O–H groups in total. The number of ether oxygens (including phenoxy) is 1. The van der Waals surface area contributed by atoms with Crippen molar-refractivity contribution in [2.24, 2.45) is 0 Å². The van der Waals surface area contributed by atoms with Crippen molar-refractivity contribution in [3.05, 3.63) is 34.7 Å². The summed E-state index contributed by atoms with van der Waals surface area (Å²) in [6.45, 7) is 1.90. The molecule has 0 aliphatic rings. The number of pyridine rings is 1. The third-order valence-corrected chi connectivity index (χ3v) is 2.51. The molecule has 0 fully saturated rings. The third-order valence-electron chi connectivity index (χ3n) is 2.21. The minimum atomic E-state index is -0.630. The van der Waals surface area contributed by atoms with Gasteiger partial charge in [0.1, 0.15) is 16.5 Å². The molecule has 2 aromatic rings. The number of carbonyl (C=O) groups is 2. The van der Waals surface area contributed by atoms with E-state index in [2.05, 4.69) is 4.98 Å². The van der Waals surface area contributed by atoms with Crippen molar-refractivity contribution in [1.29, 1.82) is 0 Å². The van der Waals surface area contributed by atoms with Gasteiger partial charge in [0.2, 0.25) is 0 Å². The van der Waals surface area contributed by atoms with Crippen LogP contribution in [0.4, 0.5) is 0 Å². The van der Waals surface area contributed by atoms with Gasteiger partial charge in [-0.15, -0.1) is 0 Å². The monoisotopic (exact) mass is 252 g/mol. The van der Waals surface area contributed by atoms with Crippen LogP contribution in [0.5, 0.6) is 0 Å². The molecule has 2 rings (SSSR count). The molecule has 2 heterocycles. The molecule has 0 unspecified atom stereocenters. The predicted molar refractivity (Wildman–Crippen MR) is 61.5 cm³/mol. The normalized spacial score (nSPS) is 10.5. The number of esters is 1. The summed E-state index contributed by atoms with van der Waals surface area (Å²) >= 11 is 5.95. The Morgan fingerprint density at radius 3 is 3.00 bits per heavy atom. The summed E-state index contributed by atoms with van der Waals surface area (Å²) in [7, 11) is 0. The van der Waals surface area contributed by atoms with Crippen LogP contribution in [-0.4, -0.2) is 28.2 Å². The number of halogens is 1. The van der Waals surface area contributed by atoms with Gasteiger partial charge < -0.3 is 4.74 Å². The van der Waals surface area contributed by atoms with Gasteiger partial charge in [-0.3, -0.25) is 9.20 Å². The van der Waals surface area contributed by atoms with Crippen LogP contribution in [0.3, 0.4) is 0 Å². The molecule has 6 heteroatoms. The highest BCUT2D eigenvalue weighted by Crippen LogP contribution is 2.18. The van der Waals surface area contributed by atoms with E-state index in [0.717, 1.165) is 0 Å². The Labute approximate surface area is 102 Å². The van der Waals surface area contributed by atoms with E-state index in [-0.39, 0.29) is 18.0 Å². The lowest BCUT2D eigenvalue weighted by Crippen LogP contribution is -2.08. The number of carbonyl (C=O) groups excluding carboxylic acids is 2. The number of aromatic nitrogens is 2. The first-order chi connectivity index (χ1) is 8.19. The van der Waals surface area contributed by atoms with Crippen molar-refractivity contribution < 1.29 is 14.3 Å². The highest BCUT2D eigenvalue weighted by Gasteiger charge is 2.20. The van der Waals surface area contributed by atoms with E-state index in [1.807, 2.05) is 0 Å². The Balaban J connectivity index is 2.69. The highest BCUT2D eigenvalue weighted by atomic mass is 35.5. The average molecular weight is 253 g/mol. The summed E-state index contributed by atoms with van der Waals surface area (Å²) < 4.78 is 6.23. The lowest BCUT2D eigenvalue weighted by molar-refractivity contribution is 0.0518. The van der Waals surface area contributed by atoms with E-state index in [4.69, 9.17) is 16.3 Å². The van der Waals surface area contributed by atoms with Crippen LogP contribution in [0.15, 0.2) is 18.2 Å². The van der Waals surface area contributed by atoms with Crippen LogP contribution < -0.4 is 0 Å². The first-order valence-corrected chi connectivity index (χ1v) is 5.36. The van der Waals surface area contributed by atoms with E-state index in [1.54, 1.807) is 25.1 Å². The maximum atomic E-state index is 11.6. The fraction of sp³-hybridized carbons (Fsp3) is 0.182. The van der Waals surface area contributed by atoms with Gasteiger partial charge >= 0.3 is 5.97 Å². The average Bonchev–Trinajstić information content (AvgIpc) is 2.69. The first kappa shape index (κ1) is 11.6. The van der Waals surface area contributed by atoms with Gasteiger partial charge in [-0.1, -0.05) is 17.7 Å². The zero-order valence-electron chi connectivity index (χ0n) is 9.01. The van der Waals surface area contributed by atoms with E-state index >= 15 is 0 Å². The zero-order valence-corrected chi connectivity index (χ0v) is 9.77. The number of aldehydes is 1. The Morgan fingerprint density at radius 1 is 1.59 bits per heavy atom. The molecule has 0 saturated heterocycles. The molecule has 0 aliphatic heterocycles. The Kier molecular flexibility index (Phi) is 3.10. The smallest absolute Gasteiger partial charge is 0.359 e. The largest absolute Gasteiger partial charge is 0.461 e. The highest BCUT2D eigenvalue weighted by molar-refractivity contribution is 6.30. The Hall–Kier alpha value is -1.88. The second-order valence-electron chi connectivity index (χ2n) is 3.23. The molecule has 0 saturated carbocycles. The second-order valence-corrected chi connectivity index (χ2v) is 3.61. The second kappa shape index (κ2) is 4.55. The molecule has 0 atom stereocenters. The van der Waals surface area contributed by atoms with E-state index in [9.17, 15) is 9.59 Å². The minimum Gasteiger partial charge on any atom is -0.461 e. The molecular weight excluding hydrogens is 244 g/mol. The van der Waals surface area contributed by atoms with Crippen molar-refractivity contribution in [3.63, 3.8) is 0 Å². The molecule has 2 aromatic heterocycles. The quantitative estimate of drug-likeness (QED) is 0.476. The lowest BCUT2D eigenvalue weighted by atomic mass is 10.3. The van der Waals surface area contributed by atoms with Gasteiger partial charge in [-0.25, -0.2) is 9.78 Å². The number of hydrogen-bond acceptors (Lipinski definition) is 4. The molecular formula is C11H9ClN2O3. The van der Waals surface area contributed by atoms with E-state index in [1.165, 1.54) is 4.40 Å². The molecule has 0 aliphatic carbocycles. The van der Waals surface area contributed by atoms with Gasteiger partial charge in [0.25, 0.3) is 0 Å². The van der Waals surface area contributed by atoms with Crippen molar-refractivity contribution in [2.45, 2.75) is 6.92 Å². The zero-order chi connectivity index (χ0) is 12.4. The number of hydrogen-bond donors (Lipinski definition) is 0. The standard InChI is InChI=1S/C11H9ClN2O3/c1-2-17-11(16)10-7(6-15)14-8(12)4-3-5-9(14)13-10/h3-6H,2H2,1H3. The van der Waals surface area contributed by atoms with Crippen LogP contribution in [-0.2, 0) is 4.74 Å². The Bertz CT molecular complexity index is 592. The Morgan fingerprint density at radius 2 is 2.35 bits per heavy atom. The molecule has 0 aromatic carbocycles. The maximum absolute atomic E-state index is 11.6. The van der Waals surface area contributed by atoms with Crippen molar-refractivity contribution in [1.82, 2.24) is 9.38 Å². The fourth-order valence-corrected chi connectivity index (χ4v) is 1.78. The first-order valence-electron chi connectivity index (χ1n) is 4.98. The van der Waals surface area contributed by atoms with E-state index < -0.39 is 5.97 Å². The van der Waals surface area contributed by atoms with Crippen LogP contribution in [0, 0.1) is 0 Å². The van der Waals surface area contributed by atoms with Gasteiger partial charge in [0.15, 0.2) is 12.0 Å². The number of fused-ring (bicyclic) bond motifs is 1. The minimum absolute atomic E-state index is 0.0186. The van der Waals surface area contributed by atoms with Crippen molar-refractivity contribution >= 4 is 29.5 Å². The summed E-state index contributed by atoms with van der Waals surface area (Å²) in [4.78, 5) is 26.7. The van der Waals surface area contributed by atoms with Gasteiger partial charge in [0, 0.05) is 0 Å². The molecule has 0 radical (unpaired) electrons. The predicted octanol–water partition coefficient (Wildman–Crippen LogP) is 1.98. The topological polar surface area (TPSA) is 60.7 Å². The molecule has 0 amide bonds. The molecule has 0 bridgehead atoms. The van der Waals surface area contributed by atoms with Gasteiger partial charge in [0.05, 0.1) is 6.61 Å². The van der Waals surface area contributed by atoms with E-state index in [0.29, 0.717) is 17.1 Å². The van der Waals surface area contributed by atoms with Crippen molar-refractivity contribution in [3.8, 4) is 0 Å². The SMILES string of the molecule is CCOC(=O)c1nc2cccc(Cl)n2c1C=O. The molecule has 0 spiro atoms. The summed E-state index contributed by atoms with van der Waals surface area (Å²) in [5.41, 5.74) is 0.515. The molecule has 5 nitrogen and oxygen atoms in total. The summed E-state index contributed by atoms with van der Waals surface area (Å²) in [5, 5.41) is 0.313. The number of nitrogens with zero attached hydrogens (tertiary/aromatic N) is 2. The van der Waals surface area contributed by atoms with Crippen LogP contribution in [0.1, 0.15) is 27.9 Å². The lowest BCUT2D eigenvalue weighted by Gasteiger charge is -1.99. The summed E-state index contributed by atoms with van der Waals surface area (Å²) in [6.07, 6.45) is 0.540. The third kappa shape index (κ3) is 1.89. The van der Waals surface area contributed by atoms with Crippen LogP contribution in [0.2, 0.25) is 5.15 Å². The van der Waals surface area contributed by atoms with Crippen LogP contribution >= 0.6 is 11.6 Å². The summed E-state index contributed by atoms with van der Waals surface area (Å²) in [5.74, 6) is -0.630. The van der Waals surface area contributed by atoms with Crippen LogP contribution in [0.25, 0.3) is 5.65 Å². The molecule has 17 heavy (non-hydrogen) atoms. The maximum Gasteiger partial charge on any atom is 0.359 e. The van der Waals surface area contributed by atoms with Crippen molar-refractivity contribution in [2.75, 3.05) is 6.61 Å².